The number of alkyl carbamates (subject to hydrolysis) is 1. The Labute approximate surface area is 117 Å². The molecular formula is C15H17F2NO2. The van der Waals surface area contributed by atoms with Crippen molar-refractivity contribution in [2.24, 2.45) is 0 Å². The van der Waals surface area contributed by atoms with Crippen LogP contribution in [0.1, 0.15) is 18.4 Å². The average molecular weight is 281 g/mol. The molecule has 20 heavy (non-hydrogen) atoms. The van der Waals surface area contributed by atoms with Crippen LogP contribution in [0.3, 0.4) is 0 Å². The Morgan fingerprint density at radius 3 is 2.35 bits per heavy atom. The van der Waals surface area contributed by atoms with E-state index in [0.717, 1.165) is 5.56 Å². The Kier molecular flexibility index (Phi) is 6.51. The average Bonchev–Trinajstić information content (AvgIpc) is 2.46. The highest BCUT2D eigenvalue weighted by atomic mass is 19.1. The summed E-state index contributed by atoms with van der Waals surface area (Å²) in [6, 6.07) is 9.06. The van der Waals surface area contributed by atoms with Crippen molar-refractivity contribution >= 4 is 6.09 Å². The molecule has 0 spiro atoms. The number of ether oxygens (including phenoxy) is 1. The summed E-state index contributed by atoms with van der Waals surface area (Å²) in [5.74, 6) is 2.25. The van der Waals surface area contributed by atoms with Crippen LogP contribution in [0.5, 0.6) is 0 Å². The monoisotopic (exact) mass is 281 g/mol. The molecule has 0 bridgehead atoms. The maximum absolute atomic E-state index is 12.5. The molecule has 1 aromatic carbocycles. The van der Waals surface area contributed by atoms with Crippen LogP contribution in [0, 0.1) is 12.3 Å². The lowest BCUT2D eigenvalue weighted by molar-refractivity contribution is 0.127. The summed E-state index contributed by atoms with van der Waals surface area (Å²) in [6.45, 7) is -1.43. The van der Waals surface area contributed by atoms with E-state index in [1.807, 2.05) is 18.2 Å². The van der Waals surface area contributed by atoms with Crippen LogP contribution in [-0.4, -0.2) is 25.0 Å². The summed E-state index contributed by atoms with van der Waals surface area (Å²) >= 11 is 0. The number of halogens is 2. The first kappa shape index (κ1) is 16.0. The molecule has 0 saturated heterocycles. The van der Waals surface area contributed by atoms with Crippen LogP contribution in [0.25, 0.3) is 0 Å². The van der Waals surface area contributed by atoms with Crippen molar-refractivity contribution in [3.8, 4) is 12.3 Å². The molecule has 0 fully saturated rings. The molecule has 0 saturated carbocycles. The normalized spacial score (nSPS) is 10.7. The minimum absolute atomic E-state index is 0.0680. The standard InChI is InChI=1S/C15H17F2NO2/c1-2-15(8-10-16,9-11-17)18-14(19)20-12-13-6-4-3-5-7-13/h1,3-7H,8-12H2,(H,18,19). The SMILES string of the molecule is C#CC(CCF)(CCF)NC(=O)OCc1ccccc1. The minimum atomic E-state index is -1.34. The fourth-order valence-corrected chi connectivity index (χ4v) is 1.71. The van der Waals surface area contributed by atoms with Gasteiger partial charge in [0.25, 0.3) is 0 Å². The number of terminal acetylenes is 1. The van der Waals surface area contributed by atoms with E-state index in [2.05, 4.69) is 11.2 Å². The summed E-state index contributed by atoms with van der Waals surface area (Å²) in [5.41, 5.74) is -0.526. The number of hydrogen-bond acceptors (Lipinski definition) is 2. The molecule has 0 atom stereocenters. The highest BCUT2D eigenvalue weighted by Crippen LogP contribution is 2.16. The van der Waals surface area contributed by atoms with Crippen LogP contribution >= 0.6 is 0 Å². The van der Waals surface area contributed by atoms with Gasteiger partial charge in [0.1, 0.15) is 12.1 Å². The fourth-order valence-electron chi connectivity index (χ4n) is 1.71. The van der Waals surface area contributed by atoms with E-state index in [9.17, 15) is 13.6 Å². The summed E-state index contributed by atoms with van der Waals surface area (Å²) in [7, 11) is 0. The third-order valence-corrected chi connectivity index (χ3v) is 2.87. The molecule has 0 aliphatic carbocycles. The Morgan fingerprint density at radius 1 is 1.25 bits per heavy atom. The van der Waals surface area contributed by atoms with E-state index in [4.69, 9.17) is 11.2 Å². The molecule has 0 heterocycles. The molecule has 0 aromatic heterocycles. The number of alkyl halides is 2. The zero-order chi connectivity index (χ0) is 14.8. The quantitative estimate of drug-likeness (QED) is 0.780. The van der Waals surface area contributed by atoms with Gasteiger partial charge in [-0.3, -0.25) is 8.78 Å². The lowest BCUT2D eigenvalue weighted by Gasteiger charge is -2.27. The molecule has 108 valence electrons. The second-order valence-electron chi connectivity index (χ2n) is 4.29. The van der Waals surface area contributed by atoms with Gasteiger partial charge in [0.2, 0.25) is 0 Å². The van der Waals surface area contributed by atoms with Gasteiger partial charge in [-0.25, -0.2) is 4.79 Å². The molecule has 3 nitrogen and oxygen atoms in total. The highest BCUT2D eigenvalue weighted by Gasteiger charge is 2.29. The third kappa shape index (κ3) is 4.88. The second-order valence-corrected chi connectivity index (χ2v) is 4.29. The smallest absolute Gasteiger partial charge is 0.408 e. The van der Waals surface area contributed by atoms with Crippen LogP contribution in [0.15, 0.2) is 30.3 Å². The largest absolute Gasteiger partial charge is 0.445 e. The van der Waals surface area contributed by atoms with Crippen molar-refractivity contribution in [2.75, 3.05) is 13.3 Å². The van der Waals surface area contributed by atoms with Gasteiger partial charge in [-0.2, -0.15) is 0 Å². The molecule has 0 aliphatic heterocycles. The van der Waals surface area contributed by atoms with Gasteiger partial charge >= 0.3 is 6.09 Å². The molecule has 5 heteroatoms. The van der Waals surface area contributed by atoms with Crippen molar-refractivity contribution < 1.29 is 18.3 Å². The number of carbonyl (C=O) groups excluding carboxylic acids is 1. The summed E-state index contributed by atoms with van der Waals surface area (Å²) in [5, 5.41) is 2.38. The number of hydrogen-bond donors (Lipinski definition) is 1. The van der Waals surface area contributed by atoms with E-state index < -0.39 is 25.0 Å². The third-order valence-electron chi connectivity index (χ3n) is 2.87. The Balaban J connectivity index is 2.56. The van der Waals surface area contributed by atoms with Crippen molar-refractivity contribution in [1.82, 2.24) is 5.32 Å². The number of benzene rings is 1. The second kappa shape index (κ2) is 8.16. The molecule has 1 amide bonds. The van der Waals surface area contributed by atoms with Gasteiger partial charge in [-0.05, 0) is 5.56 Å². The topological polar surface area (TPSA) is 38.3 Å². The fraction of sp³-hybridized carbons (Fsp3) is 0.400. The Morgan fingerprint density at radius 2 is 1.85 bits per heavy atom. The maximum Gasteiger partial charge on any atom is 0.408 e. The van der Waals surface area contributed by atoms with Crippen molar-refractivity contribution in [3.63, 3.8) is 0 Å². The van der Waals surface area contributed by atoms with Gasteiger partial charge in [0, 0.05) is 12.8 Å². The predicted octanol–water partition coefficient (Wildman–Crippen LogP) is 3.00. The van der Waals surface area contributed by atoms with E-state index in [1.165, 1.54) is 0 Å². The summed E-state index contributed by atoms with van der Waals surface area (Å²) in [4.78, 5) is 11.7. The molecule has 1 N–H and O–H groups in total. The van der Waals surface area contributed by atoms with E-state index in [0.29, 0.717) is 0 Å². The van der Waals surface area contributed by atoms with E-state index >= 15 is 0 Å². The predicted molar refractivity (Wildman–Crippen MR) is 72.5 cm³/mol. The molecule has 1 aromatic rings. The Bertz CT molecular complexity index is 451. The van der Waals surface area contributed by atoms with Gasteiger partial charge in [-0.1, -0.05) is 36.3 Å². The number of rotatable bonds is 7. The van der Waals surface area contributed by atoms with E-state index in [1.54, 1.807) is 12.1 Å². The molecule has 0 aliphatic rings. The van der Waals surface area contributed by atoms with Crippen LogP contribution in [-0.2, 0) is 11.3 Å². The summed E-state index contributed by atoms with van der Waals surface area (Å²) < 4.78 is 30.0. The molecule has 0 radical (unpaired) electrons. The van der Waals surface area contributed by atoms with Gasteiger partial charge in [0.15, 0.2) is 0 Å². The number of carbonyl (C=O) groups is 1. The van der Waals surface area contributed by atoms with Crippen molar-refractivity contribution in [3.05, 3.63) is 35.9 Å². The van der Waals surface area contributed by atoms with Gasteiger partial charge in [0.05, 0.1) is 13.3 Å². The maximum atomic E-state index is 12.5. The lowest BCUT2D eigenvalue weighted by Crippen LogP contribution is -2.48. The highest BCUT2D eigenvalue weighted by molar-refractivity contribution is 5.69. The number of nitrogens with one attached hydrogen (secondary N) is 1. The summed E-state index contributed by atoms with van der Waals surface area (Å²) in [6.07, 6.45) is 4.21. The minimum Gasteiger partial charge on any atom is -0.445 e. The van der Waals surface area contributed by atoms with E-state index in [-0.39, 0.29) is 19.4 Å². The Hall–Kier alpha value is -2.09. The van der Waals surface area contributed by atoms with Crippen LogP contribution in [0.4, 0.5) is 13.6 Å². The van der Waals surface area contributed by atoms with Gasteiger partial charge in [-0.15, -0.1) is 6.42 Å². The molecule has 0 unspecified atom stereocenters. The lowest BCUT2D eigenvalue weighted by atomic mass is 9.93. The number of amides is 1. The molecular weight excluding hydrogens is 264 g/mol. The molecule has 1 rings (SSSR count). The van der Waals surface area contributed by atoms with Gasteiger partial charge < -0.3 is 10.1 Å². The van der Waals surface area contributed by atoms with Crippen molar-refractivity contribution in [2.45, 2.75) is 25.0 Å². The van der Waals surface area contributed by atoms with Crippen LogP contribution < -0.4 is 5.32 Å². The van der Waals surface area contributed by atoms with Crippen molar-refractivity contribution in [1.29, 1.82) is 0 Å². The first-order valence-corrected chi connectivity index (χ1v) is 6.24. The zero-order valence-electron chi connectivity index (χ0n) is 11.1. The van der Waals surface area contributed by atoms with Crippen LogP contribution in [0.2, 0.25) is 0 Å². The first-order chi connectivity index (χ1) is 9.65. The first-order valence-electron chi connectivity index (χ1n) is 6.24. The zero-order valence-corrected chi connectivity index (χ0v) is 11.1.